The number of ether oxygens (including phenoxy) is 3. The summed E-state index contributed by atoms with van der Waals surface area (Å²) < 4.78 is 48.0. The third kappa shape index (κ3) is 5.17. The summed E-state index contributed by atoms with van der Waals surface area (Å²) in [6, 6.07) is 11.7. The lowest BCUT2D eigenvalue weighted by Crippen LogP contribution is -2.26. The molecule has 0 aliphatic heterocycles. The highest BCUT2D eigenvalue weighted by Crippen LogP contribution is 2.50. The van der Waals surface area contributed by atoms with Crippen molar-refractivity contribution in [3.8, 4) is 34.1 Å². The Kier molecular flexibility index (Phi) is 7.63. The Bertz CT molecular complexity index is 1550. The molecule has 1 N–H and O–H groups in total. The van der Waals surface area contributed by atoms with Gasteiger partial charge in [-0.15, -0.1) is 0 Å². The zero-order valence-corrected chi connectivity index (χ0v) is 22.6. The summed E-state index contributed by atoms with van der Waals surface area (Å²) in [5.74, 6) is 0.531. The van der Waals surface area contributed by atoms with Crippen LogP contribution in [0.4, 0.5) is 0 Å². The van der Waals surface area contributed by atoms with Gasteiger partial charge in [-0.3, -0.25) is 9.59 Å². The summed E-state index contributed by atoms with van der Waals surface area (Å²) >= 11 is 0. The van der Waals surface area contributed by atoms with Crippen LogP contribution in [0.5, 0.6) is 23.0 Å². The molecular weight excluding hydrogens is 510 g/mol. The van der Waals surface area contributed by atoms with Crippen LogP contribution in [0.25, 0.3) is 11.1 Å². The Morgan fingerprint density at radius 2 is 1.61 bits per heavy atom. The number of hydrogen-bond donors (Lipinski definition) is 1. The lowest BCUT2D eigenvalue weighted by molar-refractivity contribution is -0.119. The van der Waals surface area contributed by atoms with Gasteiger partial charge < -0.3 is 23.7 Å². The Hall–Kier alpha value is -4.05. The first-order chi connectivity index (χ1) is 18.1. The third-order valence-electron chi connectivity index (χ3n) is 6.39. The number of fused-ring (bicyclic) bond motifs is 3. The van der Waals surface area contributed by atoms with E-state index < -0.39 is 21.6 Å². The van der Waals surface area contributed by atoms with E-state index in [1.54, 1.807) is 18.2 Å². The maximum absolute atomic E-state index is 13.4. The van der Waals surface area contributed by atoms with E-state index in [1.807, 2.05) is 13.0 Å². The maximum atomic E-state index is 13.4. The summed E-state index contributed by atoms with van der Waals surface area (Å²) in [7, 11) is 0.212. The predicted molar refractivity (Wildman–Crippen MR) is 142 cm³/mol. The summed E-state index contributed by atoms with van der Waals surface area (Å²) in [4.78, 5) is 25.4. The molecule has 0 saturated heterocycles. The van der Waals surface area contributed by atoms with Crippen molar-refractivity contribution in [3.05, 3.63) is 75.4 Å². The fourth-order valence-electron chi connectivity index (χ4n) is 4.63. The van der Waals surface area contributed by atoms with Crippen molar-refractivity contribution in [2.45, 2.75) is 37.6 Å². The predicted octanol–water partition coefficient (Wildman–Crippen LogP) is 3.94. The number of carbonyl (C=O) groups excluding carboxylic acids is 1. The Morgan fingerprint density at radius 1 is 0.921 bits per heavy atom. The number of aryl methyl sites for hydroxylation is 2. The van der Waals surface area contributed by atoms with Crippen LogP contribution < -0.4 is 29.1 Å². The molecule has 1 amide bonds. The number of methoxy groups -OCH3 is 3. The van der Waals surface area contributed by atoms with E-state index in [2.05, 4.69) is 5.32 Å². The van der Waals surface area contributed by atoms with E-state index in [4.69, 9.17) is 18.4 Å². The molecule has 38 heavy (non-hydrogen) atoms. The Labute approximate surface area is 221 Å². The summed E-state index contributed by atoms with van der Waals surface area (Å²) in [5.41, 5.74) is 2.69. The number of amides is 1. The number of carbonyl (C=O) groups is 1. The van der Waals surface area contributed by atoms with Crippen LogP contribution in [-0.2, 0) is 21.3 Å². The smallest absolute Gasteiger partial charge is 0.339 e. The number of nitrogens with one attached hydrogen (secondary N) is 1. The SMILES string of the molecule is COc1cc2c(c(OC)c1OC)-c1cc(=O)c(OS(=O)(=O)c3ccc(C)cc3)ccc1[C@@H](NC(C)=O)CC2. The van der Waals surface area contributed by atoms with Gasteiger partial charge in [0.1, 0.15) is 4.90 Å². The highest BCUT2D eigenvalue weighted by molar-refractivity contribution is 7.87. The molecule has 0 spiro atoms. The van der Waals surface area contributed by atoms with Crippen molar-refractivity contribution in [1.29, 1.82) is 0 Å². The highest BCUT2D eigenvalue weighted by Gasteiger charge is 2.30. The molecule has 1 aliphatic carbocycles. The van der Waals surface area contributed by atoms with E-state index in [-0.39, 0.29) is 16.6 Å². The second-order valence-corrected chi connectivity index (χ2v) is 10.4. The van der Waals surface area contributed by atoms with E-state index in [0.29, 0.717) is 46.8 Å². The van der Waals surface area contributed by atoms with Crippen LogP contribution in [0.1, 0.15) is 36.1 Å². The Balaban J connectivity index is 1.96. The zero-order chi connectivity index (χ0) is 27.6. The van der Waals surface area contributed by atoms with Gasteiger partial charge in [-0.2, -0.15) is 8.42 Å². The van der Waals surface area contributed by atoms with Crippen LogP contribution in [0.2, 0.25) is 0 Å². The van der Waals surface area contributed by atoms with Crippen LogP contribution in [0, 0.1) is 6.92 Å². The van der Waals surface area contributed by atoms with Gasteiger partial charge in [-0.05, 0) is 66.8 Å². The average Bonchev–Trinajstić information content (AvgIpc) is 3.11. The van der Waals surface area contributed by atoms with Crippen LogP contribution in [0.3, 0.4) is 0 Å². The molecule has 3 aromatic rings. The lowest BCUT2D eigenvalue weighted by Gasteiger charge is -2.19. The molecule has 200 valence electrons. The van der Waals surface area contributed by atoms with Crippen molar-refractivity contribution < 1.29 is 31.6 Å². The van der Waals surface area contributed by atoms with Gasteiger partial charge in [0.25, 0.3) is 0 Å². The van der Waals surface area contributed by atoms with Crippen LogP contribution in [0.15, 0.2) is 58.2 Å². The lowest BCUT2D eigenvalue weighted by atomic mass is 9.95. The molecule has 0 aromatic heterocycles. The molecule has 0 heterocycles. The van der Waals surface area contributed by atoms with Crippen molar-refractivity contribution in [2.24, 2.45) is 0 Å². The van der Waals surface area contributed by atoms with Gasteiger partial charge in [0, 0.05) is 12.5 Å². The second-order valence-electron chi connectivity index (χ2n) is 8.90. The molecular formula is C28H29NO8S. The van der Waals surface area contributed by atoms with Crippen molar-refractivity contribution in [1.82, 2.24) is 5.32 Å². The third-order valence-corrected chi connectivity index (χ3v) is 7.64. The molecule has 3 aromatic carbocycles. The van der Waals surface area contributed by atoms with Gasteiger partial charge in [-0.1, -0.05) is 23.8 Å². The quantitative estimate of drug-likeness (QED) is 0.449. The van der Waals surface area contributed by atoms with E-state index in [0.717, 1.165) is 11.1 Å². The van der Waals surface area contributed by atoms with E-state index in [1.165, 1.54) is 52.5 Å². The van der Waals surface area contributed by atoms with Gasteiger partial charge in [0.15, 0.2) is 17.2 Å². The molecule has 0 unspecified atom stereocenters. The standard InChI is InChI=1S/C28H29NO8S/c1-16-6-9-19(10-7-16)38(32,33)37-24-13-11-20-21(15-23(24)31)26-18(8-12-22(20)29-17(2)30)14-25(34-3)27(35-4)28(26)36-5/h6-7,9-11,13-15,22H,8,12H2,1-5H3,(H,29,30)/t22-/m0/s1. The topological polar surface area (TPSA) is 117 Å². The Morgan fingerprint density at radius 3 is 2.21 bits per heavy atom. The summed E-state index contributed by atoms with van der Waals surface area (Å²) in [5, 5.41) is 2.94. The first kappa shape index (κ1) is 27.0. The summed E-state index contributed by atoms with van der Waals surface area (Å²) in [6.45, 7) is 3.24. The van der Waals surface area contributed by atoms with Crippen molar-refractivity contribution >= 4 is 16.0 Å². The molecule has 9 nitrogen and oxygen atoms in total. The average molecular weight is 540 g/mol. The first-order valence-electron chi connectivity index (χ1n) is 11.9. The van der Waals surface area contributed by atoms with Crippen LogP contribution in [-0.4, -0.2) is 35.7 Å². The van der Waals surface area contributed by atoms with Crippen molar-refractivity contribution in [3.63, 3.8) is 0 Å². The normalized spacial score (nSPS) is 14.4. The number of hydrogen-bond acceptors (Lipinski definition) is 8. The zero-order valence-electron chi connectivity index (χ0n) is 21.8. The minimum Gasteiger partial charge on any atom is -0.493 e. The molecule has 1 atom stereocenters. The first-order valence-corrected chi connectivity index (χ1v) is 13.3. The highest BCUT2D eigenvalue weighted by atomic mass is 32.2. The molecule has 4 rings (SSSR count). The molecule has 0 bridgehead atoms. The summed E-state index contributed by atoms with van der Waals surface area (Å²) in [6.07, 6.45) is 1.04. The monoisotopic (exact) mass is 539 g/mol. The largest absolute Gasteiger partial charge is 0.493 e. The fourth-order valence-corrected chi connectivity index (χ4v) is 5.57. The van der Waals surface area contributed by atoms with Gasteiger partial charge in [-0.25, -0.2) is 0 Å². The molecule has 10 heteroatoms. The molecule has 0 radical (unpaired) electrons. The number of rotatable bonds is 7. The van der Waals surface area contributed by atoms with E-state index >= 15 is 0 Å². The minimum absolute atomic E-state index is 0.0736. The van der Waals surface area contributed by atoms with Crippen LogP contribution >= 0.6 is 0 Å². The van der Waals surface area contributed by atoms with Gasteiger partial charge in [0.2, 0.25) is 17.1 Å². The second kappa shape index (κ2) is 10.7. The van der Waals surface area contributed by atoms with E-state index in [9.17, 15) is 18.0 Å². The molecule has 1 aliphatic rings. The van der Waals surface area contributed by atoms with Gasteiger partial charge >= 0.3 is 10.1 Å². The number of benzene rings is 2. The van der Waals surface area contributed by atoms with Gasteiger partial charge in [0.05, 0.1) is 27.4 Å². The minimum atomic E-state index is -4.27. The molecule has 0 fully saturated rings. The molecule has 0 saturated carbocycles. The van der Waals surface area contributed by atoms with Crippen molar-refractivity contribution in [2.75, 3.05) is 21.3 Å². The maximum Gasteiger partial charge on any atom is 0.339 e. The fraction of sp³-hybridized carbons (Fsp3) is 0.286.